The van der Waals surface area contributed by atoms with Crippen molar-refractivity contribution in [3.05, 3.63) is 74.8 Å². The van der Waals surface area contributed by atoms with Crippen LogP contribution < -0.4 is 5.56 Å². The minimum atomic E-state index is -0.177. The number of ether oxygens (including phenoxy) is 1. The first-order chi connectivity index (χ1) is 15.1. The molecule has 1 aromatic heterocycles. The van der Waals surface area contributed by atoms with Gasteiger partial charge >= 0.3 is 0 Å². The zero-order chi connectivity index (χ0) is 21.8. The Labute approximate surface area is 185 Å². The van der Waals surface area contributed by atoms with Gasteiger partial charge in [-0.25, -0.2) is 0 Å². The summed E-state index contributed by atoms with van der Waals surface area (Å²) >= 11 is 5.33. The summed E-state index contributed by atoms with van der Waals surface area (Å²) in [6.07, 6.45) is 0. The summed E-state index contributed by atoms with van der Waals surface area (Å²) in [7, 11) is 1.58. The molecule has 0 saturated carbocycles. The number of aromatic nitrogens is 2. The van der Waals surface area contributed by atoms with E-state index in [-0.39, 0.29) is 11.5 Å². The van der Waals surface area contributed by atoms with E-state index in [0.717, 1.165) is 19.6 Å². The summed E-state index contributed by atoms with van der Waals surface area (Å²) in [6.45, 7) is 4.70. The van der Waals surface area contributed by atoms with Crippen LogP contribution in [-0.4, -0.2) is 65.2 Å². The number of benzene rings is 2. The van der Waals surface area contributed by atoms with Crippen LogP contribution in [0.2, 0.25) is 0 Å². The average molecular weight is 439 g/mol. The van der Waals surface area contributed by atoms with Crippen LogP contribution in [0.3, 0.4) is 0 Å². The lowest BCUT2D eigenvalue weighted by atomic mass is 10.1. The van der Waals surface area contributed by atoms with E-state index < -0.39 is 0 Å². The number of aromatic amines is 1. The first-order valence-electron chi connectivity index (χ1n) is 10.4. The van der Waals surface area contributed by atoms with Gasteiger partial charge in [0.15, 0.2) is 4.77 Å². The number of carbonyl (C=O) groups excluding carboxylic acids is 1. The number of hydrogen-bond acceptors (Lipinski definition) is 5. The van der Waals surface area contributed by atoms with E-state index in [4.69, 9.17) is 17.0 Å². The zero-order valence-corrected chi connectivity index (χ0v) is 18.4. The van der Waals surface area contributed by atoms with Crippen molar-refractivity contribution in [1.82, 2.24) is 19.4 Å². The maximum atomic E-state index is 13.1. The number of carbonyl (C=O) groups is 1. The lowest BCUT2D eigenvalue weighted by molar-refractivity contribution is 0.0628. The quantitative estimate of drug-likeness (QED) is 0.599. The van der Waals surface area contributed by atoms with Gasteiger partial charge in [0, 0.05) is 45.4 Å². The summed E-state index contributed by atoms with van der Waals surface area (Å²) in [6, 6.07) is 15.5. The third-order valence-electron chi connectivity index (χ3n) is 5.66. The first kappa shape index (κ1) is 21.4. The van der Waals surface area contributed by atoms with E-state index in [0.29, 0.717) is 47.5 Å². The largest absolute Gasteiger partial charge is 0.383 e. The van der Waals surface area contributed by atoms with Crippen molar-refractivity contribution in [2.24, 2.45) is 0 Å². The third kappa shape index (κ3) is 4.76. The molecule has 2 aromatic carbocycles. The van der Waals surface area contributed by atoms with Gasteiger partial charge in [-0.15, -0.1) is 0 Å². The monoisotopic (exact) mass is 438 g/mol. The van der Waals surface area contributed by atoms with E-state index in [1.54, 1.807) is 25.3 Å². The van der Waals surface area contributed by atoms with Crippen LogP contribution in [0.1, 0.15) is 15.9 Å². The molecule has 0 radical (unpaired) electrons. The number of amides is 1. The highest BCUT2D eigenvalue weighted by molar-refractivity contribution is 7.71. The van der Waals surface area contributed by atoms with Crippen LogP contribution in [0.25, 0.3) is 10.9 Å². The summed E-state index contributed by atoms with van der Waals surface area (Å²) in [5.74, 6) is -0.0239. The standard InChI is InChI=1S/C23H26N4O3S/c1-30-14-13-27-22(29)19-8-7-18(15-20(19)24-23(27)31)21(28)26-11-9-25(10-12-26)16-17-5-3-2-4-6-17/h2-8,15H,9-14,16H2,1H3,(H,24,31). The highest BCUT2D eigenvalue weighted by Crippen LogP contribution is 2.15. The van der Waals surface area contributed by atoms with E-state index in [2.05, 4.69) is 22.0 Å². The van der Waals surface area contributed by atoms with Crippen molar-refractivity contribution in [3.63, 3.8) is 0 Å². The van der Waals surface area contributed by atoms with Gasteiger partial charge in [-0.05, 0) is 36.0 Å². The fraction of sp³-hybridized carbons (Fsp3) is 0.348. The Balaban J connectivity index is 1.47. The Hall–Kier alpha value is -2.81. The van der Waals surface area contributed by atoms with Gasteiger partial charge in [0.2, 0.25) is 0 Å². The van der Waals surface area contributed by atoms with Crippen LogP contribution >= 0.6 is 12.2 Å². The van der Waals surface area contributed by atoms with Gasteiger partial charge in [-0.3, -0.25) is 19.1 Å². The lowest BCUT2D eigenvalue weighted by Gasteiger charge is -2.34. The summed E-state index contributed by atoms with van der Waals surface area (Å²) in [5, 5.41) is 0.508. The second kappa shape index (κ2) is 9.55. The van der Waals surface area contributed by atoms with Gasteiger partial charge in [-0.2, -0.15) is 0 Å². The van der Waals surface area contributed by atoms with Crippen LogP contribution in [0.5, 0.6) is 0 Å². The summed E-state index contributed by atoms with van der Waals surface area (Å²) in [5.41, 5.74) is 2.24. The average Bonchev–Trinajstić information content (AvgIpc) is 2.79. The van der Waals surface area contributed by atoms with E-state index in [1.165, 1.54) is 10.1 Å². The molecular formula is C23H26N4O3S. The number of nitrogens with zero attached hydrogens (tertiary/aromatic N) is 3. The lowest BCUT2D eigenvalue weighted by Crippen LogP contribution is -2.48. The number of hydrogen-bond donors (Lipinski definition) is 1. The minimum absolute atomic E-state index is 0.0239. The number of methoxy groups -OCH3 is 1. The molecule has 0 unspecified atom stereocenters. The molecule has 8 heteroatoms. The van der Waals surface area contributed by atoms with Crippen molar-refractivity contribution in [2.45, 2.75) is 13.1 Å². The SMILES string of the molecule is COCCn1c(=S)[nH]c2cc(C(=O)N3CCN(Cc4ccccc4)CC3)ccc2c1=O. The Morgan fingerprint density at radius 1 is 1.10 bits per heavy atom. The van der Waals surface area contributed by atoms with E-state index in [9.17, 15) is 9.59 Å². The fourth-order valence-corrected chi connectivity index (χ4v) is 4.19. The summed E-state index contributed by atoms with van der Waals surface area (Å²) in [4.78, 5) is 33.1. The molecule has 162 valence electrons. The molecule has 7 nitrogen and oxygen atoms in total. The Morgan fingerprint density at radius 3 is 2.55 bits per heavy atom. The van der Waals surface area contributed by atoms with Gasteiger partial charge in [-0.1, -0.05) is 30.3 Å². The first-order valence-corrected chi connectivity index (χ1v) is 10.8. The minimum Gasteiger partial charge on any atom is -0.383 e. The molecule has 0 aliphatic carbocycles. The number of nitrogens with one attached hydrogen (secondary N) is 1. The van der Waals surface area contributed by atoms with Crippen molar-refractivity contribution in [2.75, 3.05) is 39.9 Å². The molecule has 1 aliphatic rings. The number of piperazine rings is 1. The molecule has 2 heterocycles. The normalized spacial score (nSPS) is 14.8. The number of H-pyrrole nitrogens is 1. The second-order valence-electron chi connectivity index (χ2n) is 7.69. The summed E-state index contributed by atoms with van der Waals surface area (Å²) < 4.78 is 6.86. The molecule has 1 amide bonds. The van der Waals surface area contributed by atoms with Crippen molar-refractivity contribution < 1.29 is 9.53 Å². The molecule has 3 aromatic rings. The Kier molecular flexibility index (Phi) is 6.60. The van der Waals surface area contributed by atoms with Gasteiger partial charge < -0.3 is 14.6 Å². The molecule has 0 spiro atoms. The van der Waals surface area contributed by atoms with Gasteiger partial charge in [0.1, 0.15) is 0 Å². The molecule has 0 bridgehead atoms. The van der Waals surface area contributed by atoms with Crippen LogP contribution in [-0.2, 0) is 17.8 Å². The molecule has 1 N–H and O–H groups in total. The smallest absolute Gasteiger partial charge is 0.262 e. The number of fused-ring (bicyclic) bond motifs is 1. The van der Waals surface area contributed by atoms with Crippen LogP contribution in [0.15, 0.2) is 53.3 Å². The van der Waals surface area contributed by atoms with E-state index in [1.807, 2.05) is 23.1 Å². The highest BCUT2D eigenvalue weighted by Gasteiger charge is 2.22. The van der Waals surface area contributed by atoms with Crippen molar-refractivity contribution in [3.8, 4) is 0 Å². The highest BCUT2D eigenvalue weighted by atomic mass is 32.1. The van der Waals surface area contributed by atoms with Crippen molar-refractivity contribution >= 4 is 29.0 Å². The maximum absolute atomic E-state index is 13.1. The predicted octanol–water partition coefficient (Wildman–Crippen LogP) is 2.66. The maximum Gasteiger partial charge on any atom is 0.262 e. The molecular weight excluding hydrogens is 412 g/mol. The van der Waals surface area contributed by atoms with Crippen molar-refractivity contribution in [1.29, 1.82) is 0 Å². The molecule has 1 aliphatic heterocycles. The number of rotatable bonds is 6. The van der Waals surface area contributed by atoms with Gasteiger partial charge in [0.25, 0.3) is 11.5 Å². The molecule has 1 saturated heterocycles. The Morgan fingerprint density at radius 2 is 1.84 bits per heavy atom. The third-order valence-corrected chi connectivity index (χ3v) is 5.98. The Bertz CT molecular complexity index is 1180. The topological polar surface area (TPSA) is 70.6 Å². The van der Waals surface area contributed by atoms with Crippen LogP contribution in [0.4, 0.5) is 0 Å². The predicted molar refractivity (Wildman–Crippen MR) is 123 cm³/mol. The van der Waals surface area contributed by atoms with Crippen LogP contribution in [0, 0.1) is 4.77 Å². The molecule has 4 rings (SSSR count). The molecule has 1 fully saturated rings. The zero-order valence-electron chi connectivity index (χ0n) is 17.5. The molecule has 31 heavy (non-hydrogen) atoms. The fourth-order valence-electron chi connectivity index (χ4n) is 3.91. The van der Waals surface area contributed by atoms with E-state index >= 15 is 0 Å². The second-order valence-corrected chi connectivity index (χ2v) is 8.08. The van der Waals surface area contributed by atoms with Gasteiger partial charge in [0.05, 0.1) is 24.1 Å². The molecule has 0 atom stereocenters.